The van der Waals surface area contributed by atoms with E-state index in [1.54, 1.807) is 32.2 Å². The molecule has 0 saturated heterocycles. The van der Waals surface area contributed by atoms with E-state index < -0.39 is 10.8 Å². The van der Waals surface area contributed by atoms with E-state index >= 15 is 0 Å². The van der Waals surface area contributed by atoms with Crippen molar-refractivity contribution in [2.75, 3.05) is 14.2 Å². The Hall–Kier alpha value is -4.66. The van der Waals surface area contributed by atoms with Gasteiger partial charge in [0.15, 0.2) is 11.5 Å². The third-order valence-corrected chi connectivity index (χ3v) is 5.30. The summed E-state index contributed by atoms with van der Waals surface area (Å²) in [7, 11) is 3.07. The minimum atomic E-state index is -0.529. The molecule has 172 valence electrons. The third-order valence-electron chi connectivity index (χ3n) is 5.30. The second-order valence-corrected chi connectivity index (χ2v) is 7.52. The molecule has 9 nitrogen and oxygen atoms in total. The number of carbonyl (C=O) groups excluding carboxylic acids is 1. The molecule has 0 spiro atoms. The van der Waals surface area contributed by atoms with Gasteiger partial charge in [0.05, 0.1) is 25.4 Å². The molecular formula is C25H22N4O5. The van der Waals surface area contributed by atoms with Crippen LogP contribution in [-0.4, -0.2) is 36.2 Å². The Morgan fingerprint density at radius 3 is 2.47 bits per heavy atom. The number of hydrogen-bond acceptors (Lipinski definition) is 6. The number of nitrogens with one attached hydrogen (secondary N) is 2. The number of benzene rings is 3. The number of carbonyl (C=O) groups is 1. The average Bonchev–Trinajstić information content (AvgIpc) is 3.23. The number of nitro groups is 1. The van der Waals surface area contributed by atoms with Crippen molar-refractivity contribution >= 4 is 28.7 Å². The molecule has 4 aromatic rings. The van der Waals surface area contributed by atoms with Gasteiger partial charge in [-0.1, -0.05) is 30.3 Å². The van der Waals surface area contributed by atoms with Gasteiger partial charge in [0.2, 0.25) is 0 Å². The lowest BCUT2D eigenvalue weighted by molar-refractivity contribution is -0.383. The Kier molecular flexibility index (Phi) is 6.26. The van der Waals surface area contributed by atoms with Crippen LogP contribution >= 0.6 is 0 Å². The van der Waals surface area contributed by atoms with Gasteiger partial charge >= 0.3 is 0 Å². The zero-order chi connectivity index (χ0) is 24.2. The van der Waals surface area contributed by atoms with Crippen molar-refractivity contribution in [2.24, 2.45) is 5.10 Å². The van der Waals surface area contributed by atoms with Crippen LogP contribution in [0.3, 0.4) is 0 Å². The smallest absolute Gasteiger partial charge is 0.293 e. The standard InChI is InChI=1S/C25H22N4O5/c1-15-11-18-22(17-7-5-4-6-8-17)24(27-23(18)19(12-15)29(31)32)25(30)28-26-14-16-9-10-20(33-2)21(13-16)34-3/h4-14,27H,1-3H3,(H,28,30)/b26-14-. The molecule has 1 aromatic heterocycles. The number of non-ortho nitro benzene ring substituents is 1. The van der Waals surface area contributed by atoms with E-state index in [9.17, 15) is 14.9 Å². The average molecular weight is 458 g/mol. The van der Waals surface area contributed by atoms with Crippen LogP contribution in [-0.2, 0) is 0 Å². The molecular weight excluding hydrogens is 436 g/mol. The molecule has 3 aromatic carbocycles. The summed E-state index contributed by atoms with van der Waals surface area (Å²) in [6.45, 7) is 1.78. The molecule has 0 bridgehead atoms. The molecule has 0 aliphatic carbocycles. The first-order valence-electron chi connectivity index (χ1n) is 10.3. The van der Waals surface area contributed by atoms with Gasteiger partial charge < -0.3 is 14.5 Å². The summed E-state index contributed by atoms with van der Waals surface area (Å²) < 4.78 is 10.5. The molecule has 9 heteroatoms. The van der Waals surface area contributed by atoms with Crippen molar-refractivity contribution in [2.45, 2.75) is 6.92 Å². The number of aromatic amines is 1. The number of H-pyrrole nitrogens is 1. The molecule has 1 amide bonds. The number of nitro benzene ring substituents is 1. The quantitative estimate of drug-likeness (QED) is 0.233. The second kappa shape index (κ2) is 9.45. The summed E-state index contributed by atoms with van der Waals surface area (Å²) in [5.74, 6) is 0.576. The van der Waals surface area contributed by atoms with Crippen molar-refractivity contribution in [3.63, 3.8) is 0 Å². The van der Waals surface area contributed by atoms with Crippen LogP contribution in [0, 0.1) is 17.0 Å². The first-order chi connectivity index (χ1) is 16.4. The fraction of sp³-hybridized carbons (Fsp3) is 0.120. The first kappa shape index (κ1) is 22.5. The Labute approximate surface area is 195 Å². The van der Waals surface area contributed by atoms with E-state index in [4.69, 9.17) is 9.47 Å². The number of aromatic nitrogens is 1. The number of hydrazone groups is 1. The molecule has 0 atom stereocenters. The number of aryl methyl sites for hydroxylation is 1. The highest BCUT2D eigenvalue weighted by atomic mass is 16.6. The highest BCUT2D eigenvalue weighted by molar-refractivity contribution is 6.11. The van der Waals surface area contributed by atoms with Crippen molar-refractivity contribution < 1.29 is 19.2 Å². The highest BCUT2D eigenvalue weighted by Crippen LogP contribution is 2.37. The van der Waals surface area contributed by atoms with E-state index in [2.05, 4.69) is 15.5 Å². The van der Waals surface area contributed by atoms with Crippen LogP contribution in [0.25, 0.3) is 22.0 Å². The molecule has 0 unspecified atom stereocenters. The molecule has 0 radical (unpaired) electrons. The summed E-state index contributed by atoms with van der Waals surface area (Å²) in [4.78, 5) is 27.3. The second-order valence-electron chi connectivity index (χ2n) is 7.52. The number of fused-ring (bicyclic) bond motifs is 1. The van der Waals surface area contributed by atoms with Gasteiger partial charge in [-0.05, 0) is 47.9 Å². The fourth-order valence-electron chi connectivity index (χ4n) is 3.79. The Morgan fingerprint density at radius 2 is 1.79 bits per heavy atom. The lowest BCUT2D eigenvalue weighted by atomic mass is 10.00. The first-order valence-corrected chi connectivity index (χ1v) is 10.3. The SMILES string of the molecule is COc1ccc(/C=N\NC(=O)c2[nH]c3c([N+](=O)[O-])cc(C)cc3c2-c2ccccc2)cc1OC. The summed E-state index contributed by atoms with van der Waals surface area (Å²) in [6, 6.07) is 17.8. The number of amides is 1. The van der Waals surface area contributed by atoms with Gasteiger partial charge in [-0.15, -0.1) is 0 Å². The molecule has 0 saturated carbocycles. The van der Waals surface area contributed by atoms with Crippen LogP contribution < -0.4 is 14.9 Å². The molecule has 2 N–H and O–H groups in total. The van der Waals surface area contributed by atoms with Crippen LogP contribution in [0.5, 0.6) is 11.5 Å². The highest BCUT2D eigenvalue weighted by Gasteiger charge is 2.24. The number of hydrogen-bond donors (Lipinski definition) is 2. The molecule has 1 heterocycles. The van der Waals surface area contributed by atoms with Gasteiger partial charge in [-0.2, -0.15) is 5.10 Å². The minimum Gasteiger partial charge on any atom is -0.493 e. The summed E-state index contributed by atoms with van der Waals surface area (Å²) >= 11 is 0. The maximum Gasteiger partial charge on any atom is 0.293 e. The predicted octanol–water partition coefficient (Wildman–Crippen LogP) is 4.83. The van der Waals surface area contributed by atoms with E-state index in [1.807, 2.05) is 36.4 Å². The van der Waals surface area contributed by atoms with Crippen LogP contribution in [0.4, 0.5) is 5.69 Å². The normalized spacial score (nSPS) is 11.0. The fourth-order valence-corrected chi connectivity index (χ4v) is 3.79. The number of nitrogens with zero attached hydrogens (tertiary/aromatic N) is 2. The van der Waals surface area contributed by atoms with E-state index in [1.165, 1.54) is 19.4 Å². The van der Waals surface area contributed by atoms with Crippen molar-refractivity contribution in [1.82, 2.24) is 10.4 Å². The van der Waals surface area contributed by atoms with Gasteiger partial charge in [-0.3, -0.25) is 14.9 Å². The zero-order valence-corrected chi connectivity index (χ0v) is 18.8. The monoisotopic (exact) mass is 458 g/mol. The lowest BCUT2D eigenvalue weighted by Gasteiger charge is -2.07. The largest absolute Gasteiger partial charge is 0.493 e. The number of methoxy groups -OCH3 is 2. The van der Waals surface area contributed by atoms with E-state index in [0.29, 0.717) is 33.6 Å². The summed E-state index contributed by atoms with van der Waals surface area (Å²) in [5.41, 5.74) is 5.59. The van der Waals surface area contributed by atoms with Crippen LogP contribution in [0.2, 0.25) is 0 Å². The zero-order valence-electron chi connectivity index (χ0n) is 18.8. The van der Waals surface area contributed by atoms with Crippen LogP contribution in [0.1, 0.15) is 21.6 Å². The molecule has 4 rings (SSSR count). The number of ether oxygens (including phenoxy) is 2. The Bertz CT molecular complexity index is 1410. The molecule has 0 aliphatic rings. The lowest BCUT2D eigenvalue weighted by Crippen LogP contribution is -2.18. The van der Waals surface area contributed by atoms with Crippen molar-refractivity contribution in [3.8, 4) is 22.6 Å². The number of rotatable bonds is 7. The Morgan fingerprint density at radius 1 is 1.06 bits per heavy atom. The van der Waals surface area contributed by atoms with Gasteiger partial charge in [-0.25, -0.2) is 5.43 Å². The predicted molar refractivity (Wildman–Crippen MR) is 130 cm³/mol. The maximum absolute atomic E-state index is 13.1. The van der Waals surface area contributed by atoms with Gasteiger partial charge in [0.25, 0.3) is 11.6 Å². The maximum atomic E-state index is 13.1. The van der Waals surface area contributed by atoms with Crippen molar-refractivity contribution in [1.29, 1.82) is 0 Å². The molecule has 34 heavy (non-hydrogen) atoms. The Balaban J connectivity index is 1.73. The topological polar surface area (TPSA) is 119 Å². The minimum absolute atomic E-state index is 0.0972. The van der Waals surface area contributed by atoms with Gasteiger partial charge in [0.1, 0.15) is 11.2 Å². The van der Waals surface area contributed by atoms with Gasteiger partial charge in [0, 0.05) is 17.0 Å². The third kappa shape index (κ3) is 4.31. The van der Waals surface area contributed by atoms with E-state index in [-0.39, 0.29) is 16.9 Å². The summed E-state index contributed by atoms with van der Waals surface area (Å²) in [6.07, 6.45) is 1.47. The van der Waals surface area contributed by atoms with Crippen LogP contribution in [0.15, 0.2) is 65.8 Å². The van der Waals surface area contributed by atoms with E-state index in [0.717, 1.165) is 5.56 Å². The summed E-state index contributed by atoms with van der Waals surface area (Å²) in [5, 5.41) is 16.3. The van der Waals surface area contributed by atoms with Crippen molar-refractivity contribution in [3.05, 3.63) is 87.6 Å². The molecule has 0 fully saturated rings. The molecule has 0 aliphatic heterocycles.